The van der Waals surface area contributed by atoms with Crippen LogP contribution in [0.1, 0.15) is 51.4 Å². The van der Waals surface area contributed by atoms with Crippen molar-refractivity contribution in [2.75, 3.05) is 18.4 Å². The molecule has 1 aromatic carbocycles. The number of nitrogens with zero attached hydrogens (tertiary/aromatic N) is 1. The number of piperidine rings is 1. The molecular formula is C20H28FN3O2. The van der Waals surface area contributed by atoms with Gasteiger partial charge in [0, 0.05) is 31.2 Å². The standard InChI is InChI=1S/C20H28FN3O2/c21-16-6-3-9-18(13-16)23-20(26)24-12-4-5-15(14-24)10-11-19(25)22-17-7-1-2-8-17/h3,6,9,13,15,17H,1-2,4-5,7-8,10-12,14H2,(H,22,25)(H,23,26). The molecule has 1 unspecified atom stereocenters. The summed E-state index contributed by atoms with van der Waals surface area (Å²) in [5.74, 6) is 0.113. The lowest BCUT2D eigenvalue weighted by molar-refractivity contribution is -0.122. The summed E-state index contributed by atoms with van der Waals surface area (Å²) in [6.07, 6.45) is 7.94. The number of urea groups is 1. The van der Waals surface area contributed by atoms with Gasteiger partial charge in [0.15, 0.2) is 0 Å². The molecule has 2 aliphatic rings. The van der Waals surface area contributed by atoms with Crippen molar-refractivity contribution in [3.63, 3.8) is 0 Å². The molecule has 26 heavy (non-hydrogen) atoms. The number of carbonyl (C=O) groups is 2. The molecule has 6 heteroatoms. The lowest BCUT2D eigenvalue weighted by atomic mass is 9.93. The summed E-state index contributed by atoms with van der Waals surface area (Å²) < 4.78 is 13.2. The van der Waals surface area contributed by atoms with E-state index < -0.39 is 0 Å². The van der Waals surface area contributed by atoms with E-state index in [-0.39, 0.29) is 17.8 Å². The maximum absolute atomic E-state index is 13.2. The first kappa shape index (κ1) is 18.7. The molecule has 1 aromatic rings. The van der Waals surface area contributed by atoms with Crippen molar-refractivity contribution in [2.45, 2.75) is 57.4 Å². The predicted octanol–water partition coefficient (Wildman–Crippen LogP) is 3.91. The Kier molecular flexibility index (Phi) is 6.47. The average molecular weight is 361 g/mol. The van der Waals surface area contributed by atoms with Crippen LogP contribution in [0.3, 0.4) is 0 Å². The molecule has 0 spiro atoms. The summed E-state index contributed by atoms with van der Waals surface area (Å²) >= 11 is 0. The second kappa shape index (κ2) is 9.01. The van der Waals surface area contributed by atoms with E-state index in [4.69, 9.17) is 0 Å². The van der Waals surface area contributed by atoms with Gasteiger partial charge in [-0.1, -0.05) is 18.9 Å². The number of nitrogens with one attached hydrogen (secondary N) is 2. The molecular weight excluding hydrogens is 333 g/mol. The Labute approximate surface area is 154 Å². The Balaban J connectivity index is 1.43. The molecule has 1 saturated heterocycles. The Hall–Kier alpha value is -2.11. The van der Waals surface area contributed by atoms with Crippen molar-refractivity contribution in [3.05, 3.63) is 30.1 Å². The van der Waals surface area contributed by atoms with Crippen molar-refractivity contribution in [3.8, 4) is 0 Å². The number of anilines is 1. The highest BCUT2D eigenvalue weighted by atomic mass is 19.1. The maximum atomic E-state index is 13.2. The lowest BCUT2D eigenvalue weighted by Gasteiger charge is -2.32. The van der Waals surface area contributed by atoms with Crippen molar-refractivity contribution >= 4 is 17.6 Å². The monoisotopic (exact) mass is 361 g/mol. The number of halogens is 1. The zero-order valence-electron chi connectivity index (χ0n) is 15.2. The van der Waals surface area contributed by atoms with E-state index in [9.17, 15) is 14.0 Å². The van der Waals surface area contributed by atoms with Crippen LogP contribution in [0.4, 0.5) is 14.9 Å². The molecule has 2 N–H and O–H groups in total. The molecule has 142 valence electrons. The molecule has 3 amide bonds. The van der Waals surface area contributed by atoms with Gasteiger partial charge in [-0.3, -0.25) is 4.79 Å². The summed E-state index contributed by atoms with van der Waals surface area (Å²) in [4.78, 5) is 26.3. The summed E-state index contributed by atoms with van der Waals surface area (Å²) in [5, 5.41) is 5.88. The number of likely N-dealkylation sites (tertiary alicyclic amines) is 1. The van der Waals surface area contributed by atoms with E-state index in [1.54, 1.807) is 17.0 Å². The molecule has 3 rings (SSSR count). The quantitative estimate of drug-likeness (QED) is 0.835. The first-order valence-corrected chi connectivity index (χ1v) is 9.71. The Morgan fingerprint density at radius 2 is 1.96 bits per heavy atom. The molecule has 1 aliphatic carbocycles. The highest BCUT2D eigenvalue weighted by Gasteiger charge is 2.25. The second-order valence-corrected chi connectivity index (χ2v) is 7.48. The molecule has 0 bridgehead atoms. The first-order chi connectivity index (χ1) is 12.6. The maximum Gasteiger partial charge on any atom is 0.321 e. The molecule has 1 atom stereocenters. The number of carbonyl (C=O) groups excluding carboxylic acids is 2. The Bertz CT molecular complexity index is 631. The number of amides is 3. The lowest BCUT2D eigenvalue weighted by Crippen LogP contribution is -2.42. The SMILES string of the molecule is O=C(CCC1CCCN(C(=O)Nc2cccc(F)c2)C1)NC1CCCC1. The van der Waals surface area contributed by atoms with E-state index in [0.29, 0.717) is 37.2 Å². The minimum atomic E-state index is -0.368. The molecule has 1 heterocycles. The van der Waals surface area contributed by atoms with Gasteiger partial charge in [-0.25, -0.2) is 9.18 Å². The van der Waals surface area contributed by atoms with Crippen LogP contribution >= 0.6 is 0 Å². The van der Waals surface area contributed by atoms with Crippen LogP contribution in [0.2, 0.25) is 0 Å². The minimum absolute atomic E-state index is 0.137. The molecule has 2 fully saturated rings. The zero-order chi connectivity index (χ0) is 18.4. The normalized spacial score (nSPS) is 20.8. The van der Waals surface area contributed by atoms with Crippen LogP contribution in [-0.4, -0.2) is 36.0 Å². The molecule has 5 nitrogen and oxygen atoms in total. The van der Waals surface area contributed by atoms with Crippen molar-refractivity contribution < 1.29 is 14.0 Å². The second-order valence-electron chi connectivity index (χ2n) is 7.48. The average Bonchev–Trinajstić information content (AvgIpc) is 3.13. The third-order valence-corrected chi connectivity index (χ3v) is 5.38. The number of hydrogen-bond donors (Lipinski definition) is 2. The Morgan fingerprint density at radius 1 is 1.15 bits per heavy atom. The van der Waals surface area contributed by atoms with Gasteiger partial charge >= 0.3 is 6.03 Å². The van der Waals surface area contributed by atoms with Gasteiger partial charge in [0.05, 0.1) is 0 Å². The van der Waals surface area contributed by atoms with Crippen LogP contribution < -0.4 is 10.6 Å². The summed E-state index contributed by atoms with van der Waals surface area (Å²) in [6.45, 7) is 1.35. The number of benzene rings is 1. The summed E-state index contributed by atoms with van der Waals surface area (Å²) in [5.41, 5.74) is 0.466. The largest absolute Gasteiger partial charge is 0.353 e. The van der Waals surface area contributed by atoms with Gasteiger partial charge in [-0.2, -0.15) is 0 Å². The molecule has 1 saturated carbocycles. The van der Waals surface area contributed by atoms with E-state index >= 15 is 0 Å². The van der Waals surface area contributed by atoms with Crippen LogP contribution in [-0.2, 0) is 4.79 Å². The van der Waals surface area contributed by atoms with Gasteiger partial charge in [0.25, 0.3) is 0 Å². The van der Waals surface area contributed by atoms with Crippen molar-refractivity contribution in [1.29, 1.82) is 0 Å². The van der Waals surface area contributed by atoms with Gasteiger partial charge in [-0.05, 0) is 56.2 Å². The fourth-order valence-electron chi connectivity index (χ4n) is 3.96. The van der Waals surface area contributed by atoms with Gasteiger partial charge in [0.1, 0.15) is 5.82 Å². The van der Waals surface area contributed by atoms with E-state index in [2.05, 4.69) is 10.6 Å². The predicted molar refractivity (Wildman–Crippen MR) is 99.3 cm³/mol. The van der Waals surface area contributed by atoms with Crippen LogP contribution in [0.5, 0.6) is 0 Å². The third-order valence-electron chi connectivity index (χ3n) is 5.38. The molecule has 0 aromatic heterocycles. The first-order valence-electron chi connectivity index (χ1n) is 9.71. The third kappa shape index (κ3) is 5.44. The Morgan fingerprint density at radius 3 is 2.73 bits per heavy atom. The number of rotatable bonds is 5. The van der Waals surface area contributed by atoms with Gasteiger partial charge < -0.3 is 15.5 Å². The fourth-order valence-corrected chi connectivity index (χ4v) is 3.96. The highest BCUT2D eigenvalue weighted by Crippen LogP contribution is 2.23. The number of hydrogen-bond acceptors (Lipinski definition) is 2. The van der Waals surface area contributed by atoms with Gasteiger partial charge in [-0.15, -0.1) is 0 Å². The van der Waals surface area contributed by atoms with E-state index in [0.717, 1.165) is 32.1 Å². The van der Waals surface area contributed by atoms with Crippen LogP contribution in [0.15, 0.2) is 24.3 Å². The zero-order valence-corrected chi connectivity index (χ0v) is 15.2. The highest BCUT2D eigenvalue weighted by molar-refractivity contribution is 5.89. The summed E-state index contributed by atoms with van der Waals surface area (Å²) in [6, 6.07) is 6.08. The topological polar surface area (TPSA) is 61.4 Å². The van der Waals surface area contributed by atoms with Crippen molar-refractivity contribution in [1.82, 2.24) is 10.2 Å². The smallest absolute Gasteiger partial charge is 0.321 e. The fraction of sp³-hybridized carbons (Fsp3) is 0.600. The van der Waals surface area contributed by atoms with Crippen LogP contribution in [0.25, 0.3) is 0 Å². The van der Waals surface area contributed by atoms with E-state index in [1.165, 1.54) is 25.0 Å². The van der Waals surface area contributed by atoms with Crippen molar-refractivity contribution in [2.24, 2.45) is 5.92 Å². The minimum Gasteiger partial charge on any atom is -0.353 e. The molecule has 0 radical (unpaired) electrons. The molecule has 1 aliphatic heterocycles. The van der Waals surface area contributed by atoms with E-state index in [1.807, 2.05) is 0 Å². The van der Waals surface area contributed by atoms with Crippen LogP contribution in [0, 0.1) is 11.7 Å². The van der Waals surface area contributed by atoms with Gasteiger partial charge in [0.2, 0.25) is 5.91 Å². The summed E-state index contributed by atoms with van der Waals surface area (Å²) in [7, 11) is 0.